The molecule has 0 saturated heterocycles. The number of rotatable bonds is 0. The summed E-state index contributed by atoms with van der Waals surface area (Å²) in [7, 11) is 0. The normalized spacial score (nSPS) is 10.8. The molecule has 1 heterocycles. The summed E-state index contributed by atoms with van der Waals surface area (Å²) in [5.74, 6) is -0.397. The van der Waals surface area contributed by atoms with Crippen LogP contribution >= 0.6 is 22.6 Å². The Morgan fingerprint density at radius 2 is 2.25 bits per heavy atom. The lowest BCUT2D eigenvalue weighted by Gasteiger charge is -1.94. The Morgan fingerprint density at radius 1 is 1.50 bits per heavy atom. The molecule has 12 heavy (non-hydrogen) atoms. The Bertz CT molecular complexity index is 441. The number of aromatic amines is 1. The van der Waals surface area contributed by atoms with E-state index in [4.69, 9.17) is 4.42 Å². The second-order valence-corrected chi connectivity index (χ2v) is 3.77. The van der Waals surface area contributed by atoms with Crippen LogP contribution in [0.3, 0.4) is 0 Å². The second kappa shape index (κ2) is 2.62. The zero-order valence-electron chi connectivity index (χ0n) is 6.35. The molecule has 0 atom stereocenters. The number of hydrogen-bond acceptors (Lipinski definition) is 2. The highest BCUT2D eigenvalue weighted by molar-refractivity contribution is 14.1. The maximum Gasteiger partial charge on any atom is 0.417 e. The largest absolute Gasteiger partial charge is 0.417 e. The minimum Gasteiger partial charge on any atom is -0.408 e. The smallest absolute Gasteiger partial charge is 0.408 e. The van der Waals surface area contributed by atoms with Crippen LogP contribution in [0.15, 0.2) is 21.3 Å². The van der Waals surface area contributed by atoms with Gasteiger partial charge in [0.25, 0.3) is 0 Å². The summed E-state index contributed by atoms with van der Waals surface area (Å²) in [4.78, 5) is 13.4. The van der Waals surface area contributed by atoms with Gasteiger partial charge in [-0.2, -0.15) is 0 Å². The number of hydrogen-bond donors (Lipinski definition) is 1. The Kier molecular flexibility index (Phi) is 1.71. The fourth-order valence-corrected chi connectivity index (χ4v) is 1.52. The van der Waals surface area contributed by atoms with Crippen molar-refractivity contribution in [3.8, 4) is 0 Å². The summed E-state index contributed by atoms with van der Waals surface area (Å²) >= 11 is 2.21. The SMILES string of the molecule is Cc1cc2[nH]c(=O)oc2cc1I. The first kappa shape index (κ1) is 7.85. The number of nitrogens with one attached hydrogen (secondary N) is 1. The van der Waals surface area contributed by atoms with Crippen LogP contribution in [-0.2, 0) is 0 Å². The number of benzene rings is 1. The van der Waals surface area contributed by atoms with E-state index in [0.29, 0.717) is 5.58 Å². The Morgan fingerprint density at radius 3 is 3.00 bits per heavy atom. The van der Waals surface area contributed by atoms with E-state index < -0.39 is 5.76 Å². The quantitative estimate of drug-likeness (QED) is 0.748. The van der Waals surface area contributed by atoms with Crippen LogP contribution in [0.2, 0.25) is 0 Å². The molecule has 0 unspecified atom stereocenters. The van der Waals surface area contributed by atoms with E-state index in [1.807, 2.05) is 19.1 Å². The van der Waals surface area contributed by atoms with E-state index in [1.165, 1.54) is 0 Å². The number of halogens is 1. The zero-order chi connectivity index (χ0) is 8.72. The van der Waals surface area contributed by atoms with Crippen molar-refractivity contribution in [1.82, 2.24) is 4.98 Å². The highest BCUT2D eigenvalue weighted by Crippen LogP contribution is 2.18. The molecule has 0 amide bonds. The molecule has 2 aromatic rings. The van der Waals surface area contributed by atoms with Gasteiger partial charge in [-0.3, -0.25) is 4.98 Å². The highest BCUT2D eigenvalue weighted by Gasteiger charge is 2.02. The average molecular weight is 275 g/mol. The summed E-state index contributed by atoms with van der Waals surface area (Å²) in [5, 5.41) is 0. The lowest BCUT2D eigenvalue weighted by molar-refractivity contribution is 0.555. The molecule has 0 fully saturated rings. The molecular formula is C8H6INO2. The number of oxazole rings is 1. The molecule has 62 valence electrons. The van der Waals surface area contributed by atoms with Crippen LogP contribution in [0.5, 0.6) is 0 Å². The molecule has 1 aromatic heterocycles. The molecule has 0 spiro atoms. The van der Waals surface area contributed by atoms with Gasteiger partial charge in [0.2, 0.25) is 0 Å². The summed E-state index contributed by atoms with van der Waals surface area (Å²) in [6.45, 7) is 1.99. The third-order valence-corrected chi connectivity index (χ3v) is 2.86. The molecule has 0 bridgehead atoms. The summed E-state index contributed by atoms with van der Waals surface area (Å²) in [6, 6.07) is 3.76. The molecule has 0 radical (unpaired) electrons. The van der Waals surface area contributed by atoms with E-state index in [-0.39, 0.29) is 0 Å². The van der Waals surface area contributed by atoms with Crippen molar-refractivity contribution in [2.45, 2.75) is 6.92 Å². The Labute approximate surface area is 81.9 Å². The number of aryl methyl sites for hydroxylation is 1. The lowest BCUT2D eigenvalue weighted by Crippen LogP contribution is -1.92. The van der Waals surface area contributed by atoms with Crippen LogP contribution in [0, 0.1) is 10.5 Å². The molecule has 0 aliphatic rings. The van der Waals surface area contributed by atoms with Crippen LogP contribution in [-0.4, -0.2) is 4.98 Å². The van der Waals surface area contributed by atoms with Crippen molar-refractivity contribution in [3.63, 3.8) is 0 Å². The van der Waals surface area contributed by atoms with Crippen molar-refractivity contribution in [3.05, 3.63) is 31.8 Å². The highest BCUT2D eigenvalue weighted by atomic mass is 127. The second-order valence-electron chi connectivity index (χ2n) is 2.61. The number of aromatic nitrogens is 1. The standard InChI is InChI=1S/C8H6INO2/c1-4-2-6-7(3-5(4)9)12-8(11)10-6/h2-3H,1H3,(H,10,11). The summed E-state index contributed by atoms with van der Waals surface area (Å²) in [5.41, 5.74) is 2.52. The van der Waals surface area contributed by atoms with E-state index >= 15 is 0 Å². The molecule has 1 N–H and O–H groups in total. The van der Waals surface area contributed by atoms with Crippen LogP contribution in [0.1, 0.15) is 5.56 Å². The van der Waals surface area contributed by atoms with E-state index in [1.54, 1.807) is 0 Å². The van der Waals surface area contributed by atoms with Crippen molar-refractivity contribution < 1.29 is 4.42 Å². The molecule has 0 aliphatic heterocycles. The monoisotopic (exact) mass is 275 g/mol. The molecule has 2 rings (SSSR count). The van der Waals surface area contributed by atoms with Crippen molar-refractivity contribution >= 4 is 33.7 Å². The van der Waals surface area contributed by atoms with Gasteiger partial charge in [0, 0.05) is 3.57 Å². The molecule has 1 aromatic carbocycles. The first-order valence-corrected chi connectivity index (χ1v) is 4.53. The van der Waals surface area contributed by atoms with Crippen LogP contribution < -0.4 is 5.76 Å². The molecule has 3 nitrogen and oxygen atoms in total. The van der Waals surface area contributed by atoms with Gasteiger partial charge in [-0.15, -0.1) is 0 Å². The predicted octanol–water partition coefficient (Wildman–Crippen LogP) is 2.03. The topological polar surface area (TPSA) is 46.0 Å². The van der Waals surface area contributed by atoms with Crippen molar-refractivity contribution in [2.75, 3.05) is 0 Å². The summed E-state index contributed by atoms with van der Waals surface area (Å²) in [6.07, 6.45) is 0. The van der Waals surface area contributed by atoms with Gasteiger partial charge in [-0.05, 0) is 47.2 Å². The Balaban J connectivity index is 2.92. The van der Waals surface area contributed by atoms with Crippen molar-refractivity contribution in [2.24, 2.45) is 0 Å². The van der Waals surface area contributed by atoms with Gasteiger partial charge in [-0.1, -0.05) is 0 Å². The maximum absolute atomic E-state index is 10.8. The fourth-order valence-electron chi connectivity index (χ4n) is 1.08. The van der Waals surface area contributed by atoms with Gasteiger partial charge in [0.15, 0.2) is 5.58 Å². The van der Waals surface area contributed by atoms with E-state index in [0.717, 1.165) is 14.7 Å². The van der Waals surface area contributed by atoms with Gasteiger partial charge in [0.1, 0.15) is 0 Å². The van der Waals surface area contributed by atoms with Gasteiger partial charge in [0.05, 0.1) is 5.52 Å². The van der Waals surface area contributed by atoms with Gasteiger partial charge < -0.3 is 4.42 Å². The molecule has 0 aliphatic carbocycles. The van der Waals surface area contributed by atoms with Crippen LogP contribution in [0.25, 0.3) is 11.1 Å². The maximum atomic E-state index is 10.8. The number of H-pyrrole nitrogens is 1. The minimum absolute atomic E-state index is 0.397. The molecular weight excluding hydrogens is 269 g/mol. The summed E-state index contributed by atoms with van der Waals surface area (Å²) < 4.78 is 5.99. The zero-order valence-corrected chi connectivity index (χ0v) is 8.51. The Hall–Kier alpha value is -0.780. The average Bonchev–Trinajstić information content (AvgIpc) is 2.30. The predicted molar refractivity (Wildman–Crippen MR) is 54.3 cm³/mol. The molecule has 0 saturated carbocycles. The van der Waals surface area contributed by atoms with Crippen LogP contribution in [0.4, 0.5) is 0 Å². The minimum atomic E-state index is -0.397. The number of fused-ring (bicyclic) bond motifs is 1. The third-order valence-electron chi connectivity index (χ3n) is 1.70. The van der Waals surface area contributed by atoms with E-state index in [2.05, 4.69) is 27.6 Å². The van der Waals surface area contributed by atoms with Gasteiger partial charge >= 0.3 is 5.76 Å². The molecule has 4 heteroatoms. The van der Waals surface area contributed by atoms with Gasteiger partial charge in [-0.25, -0.2) is 4.79 Å². The third kappa shape index (κ3) is 1.16. The first-order chi connectivity index (χ1) is 5.66. The van der Waals surface area contributed by atoms with E-state index in [9.17, 15) is 4.79 Å². The lowest BCUT2D eigenvalue weighted by atomic mass is 10.2. The fraction of sp³-hybridized carbons (Fsp3) is 0.125. The first-order valence-electron chi connectivity index (χ1n) is 3.46. The van der Waals surface area contributed by atoms with Crippen molar-refractivity contribution in [1.29, 1.82) is 0 Å².